The van der Waals surface area contributed by atoms with E-state index in [1.807, 2.05) is 6.07 Å². The van der Waals surface area contributed by atoms with Gasteiger partial charge in [0.05, 0.1) is 15.1 Å². The lowest BCUT2D eigenvalue weighted by molar-refractivity contribution is 0.183. The summed E-state index contributed by atoms with van der Waals surface area (Å²) in [6.45, 7) is 4.89. The third-order valence-corrected chi connectivity index (χ3v) is 4.13. The van der Waals surface area contributed by atoms with E-state index in [9.17, 15) is 0 Å². The van der Waals surface area contributed by atoms with Crippen LogP contribution in [0, 0.1) is 0 Å². The van der Waals surface area contributed by atoms with Gasteiger partial charge in [-0.2, -0.15) is 0 Å². The lowest BCUT2D eigenvalue weighted by atomic mass is 10.1. The molecule has 1 aromatic carbocycles. The molecule has 2 atom stereocenters. The Morgan fingerprint density at radius 1 is 1.17 bits per heavy atom. The molecule has 0 heterocycles. The summed E-state index contributed by atoms with van der Waals surface area (Å²) in [7, 11) is 1.70. The van der Waals surface area contributed by atoms with Gasteiger partial charge in [-0.25, -0.2) is 0 Å². The fraction of sp³-hybridized carbons (Fsp3) is 0.538. The Morgan fingerprint density at radius 2 is 1.83 bits per heavy atom. The fourth-order valence-corrected chi connectivity index (χ4v) is 2.48. The van der Waals surface area contributed by atoms with Crippen LogP contribution in [-0.4, -0.2) is 19.8 Å². The predicted molar refractivity (Wildman–Crippen MR) is 79.0 cm³/mol. The van der Waals surface area contributed by atoms with Gasteiger partial charge in [-0.05, 0) is 31.9 Å². The van der Waals surface area contributed by atoms with Crippen molar-refractivity contribution in [1.29, 1.82) is 0 Å². The van der Waals surface area contributed by atoms with Crippen molar-refractivity contribution in [3.63, 3.8) is 0 Å². The van der Waals surface area contributed by atoms with Gasteiger partial charge in [0.2, 0.25) is 0 Å². The second-order valence-electron chi connectivity index (χ2n) is 4.34. The Morgan fingerprint density at radius 3 is 2.44 bits per heavy atom. The zero-order valence-electron chi connectivity index (χ0n) is 10.8. The van der Waals surface area contributed by atoms with Gasteiger partial charge in [0.25, 0.3) is 0 Å². The van der Waals surface area contributed by atoms with Crippen molar-refractivity contribution >= 4 is 34.8 Å². The topological polar surface area (TPSA) is 21.3 Å². The molecule has 0 radical (unpaired) electrons. The Balaban J connectivity index is 2.72. The first kappa shape index (κ1) is 16.1. The van der Waals surface area contributed by atoms with Gasteiger partial charge in [0.15, 0.2) is 0 Å². The van der Waals surface area contributed by atoms with Gasteiger partial charge < -0.3 is 10.1 Å². The molecule has 5 heteroatoms. The van der Waals surface area contributed by atoms with E-state index in [2.05, 4.69) is 19.2 Å². The van der Waals surface area contributed by atoms with Crippen LogP contribution < -0.4 is 5.32 Å². The van der Waals surface area contributed by atoms with Crippen LogP contribution >= 0.6 is 34.8 Å². The van der Waals surface area contributed by atoms with E-state index in [1.165, 1.54) is 0 Å². The van der Waals surface area contributed by atoms with Crippen LogP contribution in [-0.2, 0) is 4.74 Å². The summed E-state index contributed by atoms with van der Waals surface area (Å²) in [5.41, 5.74) is 0.954. The molecule has 0 aliphatic rings. The van der Waals surface area contributed by atoms with Crippen molar-refractivity contribution < 1.29 is 4.74 Å². The minimum Gasteiger partial charge on any atom is -0.385 e. The molecule has 1 N–H and O–H groups in total. The van der Waals surface area contributed by atoms with Gasteiger partial charge in [-0.15, -0.1) is 0 Å². The Bertz CT molecular complexity index is 398. The molecule has 0 saturated heterocycles. The number of halogens is 3. The summed E-state index contributed by atoms with van der Waals surface area (Å²) in [6.07, 6.45) is 0.944. The Hall–Kier alpha value is 0.01000. The van der Waals surface area contributed by atoms with Crippen molar-refractivity contribution in [2.45, 2.75) is 32.4 Å². The Kier molecular flexibility index (Phi) is 6.75. The Labute approximate surface area is 124 Å². The van der Waals surface area contributed by atoms with Crippen molar-refractivity contribution in [1.82, 2.24) is 5.32 Å². The molecule has 0 aromatic heterocycles. The summed E-state index contributed by atoms with van der Waals surface area (Å²) < 4.78 is 5.05. The number of hydrogen-bond acceptors (Lipinski definition) is 2. The van der Waals surface area contributed by atoms with Crippen LogP contribution in [0.4, 0.5) is 0 Å². The molecule has 1 aromatic rings. The normalized spacial score (nSPS) is 14.6. The highest BCUT2D eigenvalue weighted by atomic mass is 35.5. The van der Waals surface area contributed by atoms with E-state index in [-0.39, 0.29) is 6.04 Å². The van der Waals surface area contributed by atoms with Crippen LogP contribution in [0.2, 0.25) is 15.1 Å². The summed E-state index contributed by atoms with van der Waals surface area (Å²) >= 11 is 18.1. The molecule has 0 aliphatic carbocycles. The highest BCUT2D eigenvalue weighted by Crippen LogP contribution is 2.35. The smallest absolute Gasteiger partial charge is 0.0781 e. The molecule has 102 valence electrons. The molecular weight excluding hydrogens is 293 g/mol. The molecule has 2 unspecified atom stereocenters. The van der Waals surface area contributed by atoms with Crippen LogP contribution in [0.5, 0.6) is 0 Å². The lowest BCUT2D eigenvalue weighted by Gasteiger charge is -2.21. The van der Waals surface area contributed by atoms with E-state index in [0.29, 0.717) is 21.1 Å². The molecule has 0 spiro atoms. The predicted octanol–water partition coefficient (Wildman–Crippen LogP) is 4.72. The molecule has 0 bridgehead atoms. The third-order valence-electron chi connectivity index (χ3n) is 2.82. The van der Waals surface area contributed by atoms with Gasteiger partial charge in [-0.3, -0.25) is 0 Å². The number of ether oxygens (including phenoxy) is 1. The van der Waals surface area contributed by atoms with E-state index in [4.69, 9.17) is 39.5 Å². The summed E-state index contributed by atoms with van der Waals surface area (Å²) in [5, 5.41) is 4.86. The first-order valence-electron chi connectivity index (χ1n) is 5.85. The van der Waals surface area contributed by atoms with Crippen molar-refractivity contribution in [2.24, 2.45) is 0 Å². The highest BCUT2D eigenvalue weighted by Gasteiger charge is 2.15. The second kappa shape index (κ2) is 7.56. The van der Waals surface area contributed by atoms with Crippen LogP contribution in [0.25, 0.3) is 0 Å². The van der Waals surface area contributed by atoms with E-state index in [0.717, 1.165) is 18.6 Å². The third kappa shape index (κ3) is 4.29. The largest absolute Gasteiger partial charge is 0.385 e. The van der Waals surface area contributed by atoms with Gasteiger partial charge >= 0.3 is 0 Å². The number of rotatable bonds is 6. The molecule has 0 saturated carbocycles. The van der Waals surface area contributed by atoms with Crippen LogP contribution in [0.3, 0.4) is 0 Å². The van der Waals surface area contributed by atoms with E-state index in [1.54, 1.807) is 13.2 Å². The monoisotopic (exact) mass is 309 g/mol. The van der Waals surface area contributed by atoms with Crippen molar-refractivity contribution in [3.8, 4) is 0 Å². The standard InChI is InChI=1S/C13H18Cl3NO/c1-8(6-7-18-3)17-9(2)10-4-5-11(14)13(16)12(10)15/h4-5,8-9,17H,6-7H2,1-3H3. The zero-order valence-corrected chi connectivity index (χ0v) is 13.0. The fourth-order valence-electron chi connectivity index (χ4n) is 1.77. The van der Waals surface area contributed by atoms with Gasteiger partial charge in [0, 0.05) is 25.8 Å². The van der Waals surface area contributed by atoms with E-state index >= 15 is 0 Å². The SMILES string of the molecule is COCCC(C)NC(C)c1ccc(Cl)c(Cl)c1Cl. The van der Waals surface area contributed by atoms with E-state index < -0.39 is 0 Å². The number of methoxy groups -OCH3 is 1. The maximum absolute atomic E-state index is 6.20. The minimum absolute atomic E-state index is 0.110. The number of benzene rings is 1. The molecule has 0 amide bonds. The first-order valence-corrected chi connectivity index (χ1v) is 6.99. The van der Waals surface area contributed by atoms with Gasteiger partial charge in [0.1, 0.15) is 0 Å². The van der Waals surface area contributed by atoms with Crippen LogP contribution in [0.1, 0.15) is 31.9 Å². The highest BCUT2D eigenvalue weighted by molar-refractivity contribution is 6.48. The molecule has 18 heavy (non-hydrogen) atoms. The maximum atomic E-state index is 6.20. The zero-order chi connectivity index (χ0) is 13.7. The number of nitrogens with one attached hydrogen (secondary N) is 1. The molecule has 0 aliphatic heterocycles. The van der Waals surface area contributed by atoms with Gasteiger partial charge in [-0.1, -0.05) is 40.9 Å². The van der Waals surface area contributed by atoms with Crippen molar-refractivity contribution in [2.75, 3.05) is 13.7 Å². The van der Waals surface area contributed by atoms with Crippen LogP contribution in [0.15, 0.2) is 12.1 Å². The molecule has 1 rings (SSSR count). The molecule has 2 nitrogen and oxygen atoms in total. The maximum Gasteiger partial charge on any atom is 0.0781 e. The average Bonchev–Trinajstić information content (AvgIpc) is 2.33. The molecule has 0 fully saturated rings. The average molecular weight is 311 g/mol. The lowest BCUT2D eigenvalue weighted by Crippen LogP contribution is -2.30. The summed E-state index contributed by atoms with van der Waals surface area (Å²) in [4.78, 5) is 0. The molecular formula is C13H18Cl3NO. The first-order chi connectivity index (χ1) is 8.47. The second-order valence-corrected chi connectivity index (χ2v) is 5.50. The quantitative estimate of drug-likeness (QED) is 0.767. The minimum atomic E-state index is 0.110. The van der Waals surface area contributed by atoms with Crippen molar-refractivity contribution in [3.05, 3.63) is 32.8 Å². The number of hydrogen-bond donors (Lipinski definition) is 1. The summed E-state index contributed by atoms with van der Waals surface area (Å²) in [6, 6.07) is 4.12. The summed E-state index contributed by atoms with van der Waals surface area (Å²) in [5.74, 6) is 0.